The van der Waals surface area contributed by atoms with Crippen molar-refractivity contribution >= 4 is 11.6 Å². The van der Waals surface area contributed by atoms with E-state index in [1.165, 1.54) is 6.07 Å². The van der Waals surface area contributed by atoms with Crippen molar-refractivity contribution in [2.75, 3.05) is 11.9 Å². The van der Waals surface area contributed by atoms with Gasteiger partial charge in [0.1, 0.15) is 5.82 Å². The van der Waals surface area contributed by atoms with Crippen LogP contribution in [0.5, 0.6) is 0 Å². The Morgan fingerprint density at radius 1 is 1.19 bits per heavy atom. The van der Waals surface area contributed by atoms with E-state index in [2.05, 4.69) is 5.32 Å². The first-order chi connectivity index (χ1) is 10.1. The Kier molecular flexibility index (Phi) is 5.06. The van der Waals surface area contributed by atoms with Gasteiger partial charge in [0.2, 0.25) is 0 Å². The highest BCUT2D eigenvalue weighted by Crippen LogP contribution is 2.19. The molecule has 0 spiro atoms. The van der Waals surface area contributed by atoms with Crippen molar-refractivity contribution in [3.8, 4) is 0 Å². The second kappa shape index (κ2) is 6.99. The molecule has 2 aromatic carbocycles. The fourth-order valence-corrected chi connectivity index (χ4v) is 1.99. The van der Waals surface area contributed by atoms with Crippen molar-refractivity contribution in [3.63, 3.8) is 0 Å². The zero-order valence-electron chi connectivity index (χ0n) is 12.2. The van der Waals surface area contributed by atoms with Crippen LogP contribution in [0.1, 0.15) is 28.4 Å². The monoisotopic (exact) mass is 287 g/mol. The molecule has 0 atom stereocenters. The number of aryl methyl sites for hydroxylation is 1. The third-order valence-corrected chi connectivity index (χ3v) is 3.16. The third kappa shape index (κ3) is 3.67. The standard InChI is InChI=1S/C17H18FNO2/c1-3-21-11-13-8-4-5-10-15(13)19-17(20)14-9-6-7-12(2)16(14)18/h4-10H,3,11H2,1-2H3,(H,19,20). The Morgan fingerprint density at radius 3 is 2.71 bits per heavy atom. The minimum absolute atomic E-state index is 0.0428. The molecular weight excluding hydrogens is 269 g/mol. The van der Waals surface area contributed by atoms with Gasteiger partial charge in [0, 0.05) is 17.9 Å². The molecule has 0 aliphatic carbocycles. The van der Waals surface area contributed by atoms with E-state index in [4.69, 9.17) is 4.74 Å². The van der Waals surface area contributed by atoms with Gasteiger partial charge < -0.3 is 10.1 Å². The van der Waals surface area contributed by atoms with Gasteiger partial charge in [0.15, 0.2) is 0 Å². The van der Waals surface area contributed by atoms with Crippen LogP contribution in [0.25, 0.3) is 0 Å². The molecule has 3 nitrogen and oxygen atoms in total. The first-order valence-corrected chi connectivity index (χ1v) is 6.85. The van der Waals surface area contributed by atoms with Crippen molar-refractivity contribution in [3.05, 3.63) is 65.0 Å². The van der Waals surface area contributed by atoms with Crippen LogP contribution in [0.3, 0.4) is 0 Å². The molecule has 2 aromatic rings. The molecule has 0 unspecified atom stereocenters. The molecule has 0 heterocycles. The van der Waals surface area contributed by atoms with Gasteiger partial charge in [-0.25, -0.2) is 4.39 Å². The molecule has 2 rings (SSSR count). The number of halogens is 1. The van der Waals surface area contributed by atoms with Crippen LogP contribution in [-0.2, 0) is 11.3 Å². The minimum atomic E-state index is -0.489. The maximum Gasteiger partial charge on any atom is 0.258 e. The molecule has 0 saturated heterocycles. The van der Waals surface area contributed by atoms with Gasteiger partial charge >= 0.3 is 0 Å². The molecule has 21 heavy (non-hydrogen) atoms. The maximum atomic E-state index is 14.0. The Hall–Kier alpha value is -2.20. The number of carbonyl (C=O) groups excluding carboxylic acids is 1. The summed E-state index contributed by atoms with van der Waals surface area (Å²) in [7, 11) is 0. The lowest BCUT2D eigenvalue weighted by molar-refractivity contribution is 0.102. The van der Waals surface area contributed by atoms with E-state index in [0.717, 1.165) is 5.56 Å². The van der Waals surface area contributed by atoms with Crippen molar-refractivity contribution in [1.29, 1.82) is 0 Å². The number of amides is 1. The van der Waals surface area contributed by atoms with Crippen molar-refractivity contribution in [2.45, 2.75) is 20.5 Å². The number of hydrogen-bond donors (Lipinski definition) is 1. The Morgan fingerprint density at radius 2 is 1.95 bits per heavy atom. The van der Waals surface area contributed by atoms with Crippen molar-refractivity contribution in [2.24, 2.45) is 0 Å². The van der Waals surface area contributed by atoms with Gasteiger partial charge in [-0.2, -0.15) is 0 Å². The van der Waals surface area contributed by atoms with Crippen LogP contribution in [0.15, 0.2) is 42.5 Å². The number of carbonyl (C=O) groups is 1. The van der Waals surface area contributed by atoms with Crippen LogP contribution in [0, 0.1) is 12.7 Å². The number of ether oxygens (including phenoxy) is 1. The molecule has 0 fully saturated rings. The topological polar surface area (TPSA) is 38.3 Å². The molecule has 0 bridgehead atoms. The summed E-state index contributed by atoms with van der Waals surface area (Å²) in [6.45, 7) is 4.54. The molecule has 0 aliphatic heterocycles. The van der Waals surface area contributed by atoms with Crippen LogP contribution < -0.4 is 5.32 Å². The molecule has 1 amide bonds. The normalized spacial score (nSPS) is 10.4. The highest BCUT2D eigenvalue weighted by molar-refractivity contribution is 6.04. The number of anilines is 1. The van der Waals surface area contributed by atoms with Crippen molar-refractivity contribution in [1.82, 2.24) is 0 Å². The summed E-state index contributed by atoms with van der Waals surface area (Å²) >= 11 is 0. The smallest absolute Gasteiger partial charge is 0.258 e. The molecule has 0 aromatic heterocycles. The van der Waals surface area contributed by atoms with Crippen LogP contribution in [0.4, 0.5) is 10.1 Å². The predicted octanol–water partition coefficient (Wildman–Crippen LogP) is 3.92. The zero-order valence-corrected chi connectivity index (χ0v) is 12.2. The molecule has 110 valence electrons. The van der Waals surface area contributed by atoms with Crippen LogP contribution >= 0.6 is 0 Å². The van der Waals surface area contributed by atoms with E-state index in [0.29, 0.717) is 24.5 Å². The summed E-state index contributed by atoms with van der Waals surface area (Å²) in [6.07, 6.45) is 0. The lowest BCUT2D eigenvalue weighted by Gasteiger charge is -2.12. The second-order valence-electron chi connectivity index (χ2n) is 4.68. The summed E-state index contributed by atoms with van der Waals surface area (Å²) in [5.41, 5.74) is 1.99. The molecule has 1 N–H and O–H groups in total. The fraction of sp³-hybridized carbons (Fsp3) is 0.235. The summed E-state index contributed by atoms with van der Waals surface area (Å²) in [5, 5.41) is 2.74. The first-order valence-electron chi connectivity index (χ1n) is 6.85. The van der Waals surface area contributed by atoms with E-state index in [-0.39, 0.29) is 5.56 Å². The molecule has 4 heteroatoms. The summed E-state index contributed by atoms with van der Waals surface area (Å²) in [4.78, 5) is 12.2. The Bertz CT molecular complexity index is 640. The predicted molar refractivity (Wildman–Crippen MR) is 80.9 cm³/mol. The Labute approximate surface area is 123 Å². The highest BCUT2D eigenvalue weighted by atomic mass is 19.1. The van der Waals surface area contributed by atoms with Gasteiger partial charge in [0.25, 0.3) is 5.91 Å². The number of rotatable bonds is 5. The van der Waals surface area contributed by atoms with E-state index in [1.807, 2.05) is 25.1 Å². The fourth-order valence-electron chi connectivity index (χ4n) is 1.99. The third-order valence-electron chi connectivity index (χ3n) is 3.16. The maximum absolute atomic E-state index is 14.0. The van der Waals surface area contributed by atoms with E-state index in [1.54, 1.807) is 25.1 Å². The largest absolute Gasteiger partial charge is 0.377 e. The average Bonchev–Trinajstić information content (AvgIpc) is 2.49. The molecule has 0 aliphatic rings. The lowest BCUT2D eigenvalue weighted by atomic mass is 10.1. The zero-order chi connectivity index (χ0) is 15.2. The number of nitrogens with one attached hydrogen (secondary N) is 1. The number of benzene rings is 2. The lowest BCUT2D eigenvalue weighted by Crippen LogP contribution is -2.15. The number of hydrogen-bond acceptors (Lipinski definition) is 2. The van der Waals surface area contributed by atoms with E-state index < -0.39 is 11.7 Å². The van der Waals surface area contributed by atoms with Crippen LogP contribution in [0.2, 0.25) is 0 Å². The SMILES string of the molecule is CCOCc1ccccc1NC(=O)c1cccc(C)c1F. The van der Waals surface area contributed by atoms with Gasteiger partial charge in [-0.3, -0.25) is 4.79 Å². The average molecular weight is 287 g/mol. The van der Waals surface area contributed by atoms with Gasteiger partial charge in [-0.15, -0.1) is 0 Å². The summed E-state index contributed by atoms with van der Waals surface area (Å²) in [6, 6.07) is 12.1. The van der Waals surface area contributed by atoms with Crippen molar-refractivity contribution < 1.29 is 13.9 Å². The van der Waals surface area contributed by atoms with Gasteiger partial charge in [-0.1, -0.05) is 30.3 Å². The van der Waals surface area contributed by atoms with Gasteiger partial charge in [0.05, 0.1) is 12.2 Å². The Balaban J connectivity index is 2.22. The van der Waals surface area contributed by atoms with Gasteiger partial charge in [-0.05, 0) is 31.5 Å². The summed E-state index contributed by atoms with van der Waals surface area (Å²) < 4.78 is 19.3. The quantitative estimate of drug-likeness (QED) is 0.905. The summed E-state index contributed by atoms with van der Waals surface area (Å²) in [5.74, 6) is -0.947. The minimum Gasteiger partial charge on any atom is -0.377 e. The molecule has 0 radical (unpaired) electrons. The molecule has 0 saturated carbocycles. The van der Waals surface area contributed by atoms with E-state index >= 15 is 0 Å². The number of para-hydroxylation sites is 1. The van der Waals surface area contributed by atoms with E-state index in [9.17, 15) is 9.18 Å². The second-order valence-corrected chi connectivity index (χ2v) is 4.68. The molecular formula is C17H18FNO2. The van der Waals surface area contributed by atoms with Crippen LogP contribution in [-0.4, -0.2) is 12.5 Å². The highest BCUT2D eigenvalue weighted by Gasteiger charge is 2.14. The first kappa shape index (κ1) is 15.2.